The smallest absolute Gasteiger partial charge is 0.328 e. The normalized spacial score (nSPS) is 12.4. The molecule has 0 saturated heterocycles. The number of halogens is 1. The number of esters is 1. The Morgan fingerprint density at radius 1 is 1.30 bits per heavy atom. The van der Waals surface area contributed by atoms with Crippen LogP contribution in [0, 0.1) is 0 Å². The Hall–Kier alpha value is -1.75. The molecule has 110 valence electrons. The number of amides is 2. The number of carbonyl (C=O) groups is 2. The Labute approximate surface area is 123 Å². The van der Waals surface area contributed by atoms with Crippen molar-refractivity contribution in [3.8, 4) is 0 Å². The molecule has 0 radical (unpaired) electrons. The first kappa shape index (κ1) is 16.3. The van der Waals surface area contributed by atoms with Gasteiger partial charge in [-0.1, -0.05) is 17.7 Å². The molecular formula is C14H19ClN2O3. The van der Waals surface area contributed by atoms with E-state index in [9.17, 15) is 9.59 Å². The van der Waals surface area contributed by atoms with Crippen molar-refractivity contribution in [1.82, 2.24) is 5.32 Å². The minimum absolute atomic E-state index is 0.487. The van der Waals surface area contributed by atoms with Gasteiger partial charge in [0.15, 0.2) is 0 Å². The Morgan fingerprint density at radius 3 is 2.50 bits per heavy atom. The molecule has 0 aliphatic carbocycles. The van der Waals surface area contributed by atoms with E-state index in [1.807, 2.05) is 0 Å². The van der Waals surface area contributed by atoms with Crippen LogP contribution in [0.25, 0.3) is 0 Å². The highest BCUT2D eigenvalue weighted by Gasteiger charge is 2.22. The third-order valence-corrected chi connectivity index (χ3v) is 2.43. The summed E-state index contributed by atoms with van der Waals surface area (Å²) in [5.74, 6) is -0.487. The van der Waals surface area contributed by atoms with Crippen molar-refractivity contribution < 1.29 is 14.3 Å². The fraction of sp³-hybridized carbons (Fsp3) is 0.429. The highest BCUT2D eigenvalue weighted by molar-refractivity contribution is 6.30. The van der Waals surface area contributed by atoms with Gasteiger partial charge < -0.3 is 15.4 Å². The highest BCUT2D eigenvalue weighted by Crippen LogP contribution is 2.14. The summed E-state index contributed by atoms with van der Waals surface area (Å²) in [6, 6.07) is 5.49. The molecule has 1 rings (SSSR count). The fourth-order valence-corrected chi connectivity index (χ4v) is 1.57. The second kappa shape index (κ2) is 6.61. The van der Waals surface area contributed by atoms with E-state index in [1.54, 1.807) is 52.0 Å². The van der Waals surface area contributed by atoms with Gasteiger partial charge in [0.2, 0.25) is 0 Å². The lowest BCUT2D eigenvalue weighted by molar-refractivity contribution is -0.156. The van der Waals surface area contributed by atoms with Gasteiger partial charge in [-0.3, -0.25) is 0 Å². The molecule has 1 aromatic carbocycles. The van der Waals surface area contributed by atoms with Crippen molar-refractivity contribution in [1.29, 1.82) is 0 Å². The summed E-state index contributed by atoms with van der Waals surface area (Å²) in [6.07, 6.45) is 0. The molecule has 1 aromatic rings. The number of anilines is 1. The second-order valence-electron chi connectivity index (χ2n) is 5.36. The average molecular weight is 299 g/mol. The van der Waals surface area contributed by atoms with Crippen LogP contribution in [-0.2, 0) is 9.53 Å². The van der Waals surface area contributed by atoms with Crippen LogP contribution in [0.1, 0.15) is 27.7 Å². The van der Waals surface area contributed by atoms with Gasteiger partial charge in [-0.25, -0.2) is 9.59 Å². The average Bonchev–Trinajstić information content (AvgIpc) is 2.26. The Kier molecular flexibility index (Phi) is 5.39. The molecule has 0 spiro atoms. The SMILES string of the molecule is C[C@H](NC(=O)Nc1cccc(Cl)c1)C(=O)OC(C)(C)C. The standard InChI is InChI=1S/C14H19ClN2O3/c1-9(12(18)20-14(2,3)4)16-13(19)17-11-7-5-6-10(15)8-11/h5-9H,1-4H3,(H2,16,17,19)/t9-/m0/s1. The molecule has 0 fully saturated rings. The minimum Gasteiger partial charge on any atom is -0.458 e. The predicted octanol–water partition coefficient (Wildman–Crippen LogP) is 3.19. The Balaban J connectivity index is 2.52. The summed E-state index contributed by atoms with van der Waals surface area (Å²) < 4.78 is 5.17. The van der Waals surface area contributed by atoms with Crippen molar-refractivity contribution in [2.75, 3.05) is 5.32 Å². The van der Waals surface area contributed by atoms with Crippen LogP contribution in [0.4, 0.5) is 10.5 Å². The predicted molar refractivity (Wildman–Crippen MR) is 78.9 cm³/mol. The lowest BCUT2D eigenvalue weighted by Crippen LogP contribution is -2.43. The third-order valence-electron chi connectivity index (χ3n) is 2.19. The van der Waals surface area contributed by atoms with Crippen molar-refractivity contribution in [2.24, 2.45) is 0 Å². The summed E-state index contributed by atoms with van der Waals surface area (Å²) in [5, 5.41) is 5.61. The molecule has 0 aliphatic rings. The van der Waals surface area contributed by atoms with Crippen LogP contribution in [0.5, 0.6) is 0 Å². The van der Waals surface area contributed by atoms with E-state index in [1.165, 1.54) is 0 Å². The third kappa shape index (κ3) is 5.93. The molecule has 0 unspecified atom stereocenters. The number of rotatable bonds is 3. The monoisotopic (exact) mass is 298 g/mol. The quantitative estimate of drug-likeness (QED) is 0.842. The Bertz CT molecular complexity index is 497. The van der Waals surface area contributed by atoms with E-state index in [0.29, 0.717) is 10.7 Å². The molecule has 0 aliphatic heterocycles. The number of urea groups is 1. The van der Waals surface area contributed by atoms with Crippen LogP contribution in [-0.4, -0.2) is 23.6 Å². The number of carbonyl (C=O) groups excluding carboxylic acids is 2. The summed E-state index contributed by atoms with van der Waals surface area (Å²) in [6.45, 7) is 6.86. The lowest BCUT2D eigenvalue weighted by Gasteiger charge is -2.22. The number of ether oxygens (including phenoxy) is 1. The molecule has 1 atom stereocenters. The van der Waals surface area contributed by atoms with E-state index < -0.39 is 23.6 Å². The van der Waals surface area contributed by atoms with Crippen LogP contribution in [0.3, 0.4) is 0 Å². The van der Waals surface area contributed by atoms with Crippen molar-refractivity contribution >= 4 is 29.3 Å². The molecule has 5 nitrogen and oxygen atoms in total. The van der Waals surface area contributed by atoms with Gasteiger partial charge in [-0.05, 0) is 45.9 Å². The van der Waals surface area contributed by atoms with E-state index in [0.717, 1.165) is 0 Å². The minimum atomic E-state index is -0.742. The number of hydrogen-bond donors (Lipinski definition) is 2. The first-order valence-electron chi connectivity index (χ1n) is 6.23. The van der Waals surface area contributed by atoms with Crippen molar-refractivity contribution in [3.05, 3.63) is 29.3 Å². The summed E-state index contributed by atoms with van der Waals surface area (Å²) >= 11 is 5.81. The van der Waals surface area contributed by atoms with Gasteiger partial charge in [0.1, 0.15) is 11.6 Å². The lowest BCUT2D eigenvalue weighted by atomic mass is 10.2. The number of nitrogens with one attached hydrogen (secondary N) is 2. The highest BCUT2D eigenvalue weighted by atomic mass is 35.5. The van der Waals surface area contributed by atoms with E-state index in [2.05, 4.69) is 10.6 Å². The van der Waals surface area contributed by atoms with Crippen LogP contribution in [0.2, 0.25) is 5.02 Å². The zero-order valence-electron chi connectivity index (χ0n) is 12.0. The van der Waals surface area contributed by atoms with Crippen molar-refractivity contribution in [3.63, 3.8) is 0 Å². The molecule has 0 bridgehead atoms. The van der Waals surface area contributed by atoms with Crippen LogP contribution in [0.15, 0.2) is 24.3 Å². The molecule has 20 heavy (non-hydrogen) atoms. The summed E-state index contributed by atoms with van der Waals surface area (Å²) in [4.78, 5) is 23.4. The first-order valence-corrected chi connectivity index (χ1v) is 6.61. The zero-order chi connectivity index (χ0) is 15.3. The number of benzene rings is 1. The maximum absolute atomic E-state index is 11.7. The summed E-state index contributed by atoms with van der Waals surface area (Å²) in [7, 11) is 0. The molecular weight excluding hydrogens is 280 g/mol. The Morgan fingerprint density at radius 2 is 1.95 bits per heavy atom. The fourth-order valence-electron chi connectivity index (χ4n) is 1.38. The second-order valence-corrected chi connectivity index (χ2v) is 5.80. The molecule has 2 amide bonds. The largest absolute Gasteiger partial charge is 0.458 e. The number of hydrogen-bond acceptors (Lipinski definition) is 3. The topological polar surface area (TPSA) is 67.4 Å². The molecule has 2 N–H and O–H groups in total. The van der Waals surface area contributed by atoms with Crippen LogP contribution >= 0.6 is 11.6 Å². The zero-order valence-corrected chi connectivity index (χ0v) is 12.7. The maximum atomic E-state index is 11.7. The maximum Gasteiger partial charge on any atom is 0.328 e. The van der Waals surface area contributed by atoms with Gasteiger partial charge in [-0.2, -0.15) is 0 Å². The molecule has 0 heterocycles. The van der Waals surface area contributed by atoms with Gasteiger partial charge in [0.05, 0.1) is 0 Å². The van der Waals surface area contributed by atoms with Gasteiger partial charge in [0.25, 0.3) is 0 Å². The first-order chi connectivity index (χ1) is 9.17. The van der Waals surface area contributed by atoms with Crippen molar-refractivity contribution in [2.45, 2.75) is 39.3 Å². The van der Waals surface area contributed by atoms with Gasteiger partial charge in [-0.15, -0.1) is 0 Å². The van der Waals surface area contributed by atoms with Crippen LogP contribution < -0.4 is 10.6 Å². The van der Waals surface area contributed by atoms with E-state index in [4.69, 9.17) is 16.3 Å². The molecule has 0 saturated carbocycles. The summed E-state index contributed by atoms with van der Waals surface area (Å²) in [5.41, 5.74) is -0.0393. The van der Waals surface area contributed by atoms with E-state index in [-0.39, 0.29) is 0 Å². The van der Waals surface area contributed by atoms with Gasteiger partial charge >= 0.3 is 12.0 Å². The van der Waals surface area contributed by atoms with Gasteiger partial charge in [0, 0.05) is 10.7 Å². The van der Waals surface area contributed by atoms with E-state index >= 15 is 0 Å². The molecule has 0 aromatic heterocycles. The molecule has 6 heteroatoms.